The van der Waals surface area contributed by atoms with Gasteiger partial charge in [-0.1, -0.05) is 30.5 Å². The number of hydrogen-bond acceptors (Lipinski definition) is 5. The number of amides is 2. The molecule has 0 atom stereocenters. The number of carbonyl (C=O) groups excluding carboxylic acids is 2. The van der Waals surface area contributed by atoms with E-state index in [4.69, 9.17) is 11.6 Å². The Labute approximate surface area is 216 Å². The van der Waals surface area contributed by atoms with E-state index in [-0.39, 0.29) is 17.2 Å². The minimum Gasteiger partial charge on any atom is -0.373 e. The fourth-order valence-electron chi connectivity index (χ4n) is 4.50. The molecule has 1 saturated carbocycles. The molecule has 1 aromatic heterocycles. The Morgan fingerprint density at radius 3 is 2.41 bits per heavy atom. The minimum absolute atomic E-state index is 0.0538. The lowest BCUT2D eigenvalue weighted by molar-refractivity contribution is -0.137. The van der Waals surface area contributed by atoms with Crippen LogP contribution in [-0.4, -0.2) is 28.8 Å². The molecular formula is C26H25ClF3N5O2. The van der Waals surface area contributed by atoms with E-state index in [0.29, 0.717) is 30.0 Å². The van der Waals surface area contributed by atoms with E-state index in [1.54, 1.807) is 26.1 Å². The summed E-state index contributed by atoms with van der Waals surface area (Å²) in [6, 6.07) is 9.62. The van der Waals surface area contributed by atoms with E-state index in [2.05, 4.69) is 25.9 Å². The first kappa shape index (κ1) is 26.4. The van der Waals surface area contributed by atoms with Gasteiger partial charge in [0.2, 0.25) is 5.91 Å². The summed E-state index contributed by atoms with van der Waals surface area (Å²) in [4.78, 5) is 35.0. The Morgan fingerprint density at radius 2 is 1.73 bits per heavy atom. The smallest absolute Gasteiger partial charge is 0.373 e. The Morgan fingerprint density at radius 1 is 1.00 bits per heavy atom. The average Bonchev–Trinajstić information content (AvgIpc) is 3.37. The molecule has 3 N–H and O–H groups in total. The van der Waals surface area contributed by atoms with Gasteiger partial charge < -0.3 is 16.0 Å². The third-order valence-electron chi connectivity index (χ3n) is 6.58. The van der Waals surface area contributed by atoms with Gasteiger partial charge in [0.05, 0.1) is 21.7 Å². The predicted molar refractivity (Wildman–Crippen MR) is 136 cm³/mol. The summed E-state index contributed by atoms with van der Waals surface area (Å²) >= 11 is 5.66. The zero-order valence-electron chi connectivity index (χ0n) is 20.2. The van der Waals surface area contributed by atoms with Crippen molar-refractivity contribution in [1.29, 1.82) is 0 Å². The van der Waals surface area contributed by atoms with Gasteiger partial charge in [0, 0.05) is 30.1 Å². The Kier molecular flexibility index (Phi) is 7.40. The molecule has 3 aromatic rings. The van der Waals surface area contributed by atoms with Crippen molar-refractivity contribution in [2.45, 2.75) is 44.2 Å². The lowest BCUT2D eigenvalue weighted by Gasteiger charge is -2.27. The van der Waals surface area contributed by atoms with Crippen LogP contribution in [0.25, 0.3) is 0 Å². The van der Waals surface area contributed by atoms with Crippen LogP contribution in [0.1, 0.15) is 52.9 Å². The highest BCUT2D eigenvalue weighted by Crippen LogP contribution is 2.42. The van der Waals surface area contributed by atoms with Crippen LogP contribution in [0, 0.1) is 6.92 Å². The monoisotopic (exact) mass is 531 g/mol. The van der Waals surface area contributed by atoms with Crippen LogP contribution in [0.5, 0.6) is 0 Å². The van der Waals surface area contributed by atoms with Crippen molar-refractivity contribution >= 4 is 40.6 Å². The summed E-state index contributed by atoms with van der Waals surface area (Å²) in [6.07, 6.45) is -0.255. The number of alkyl halides is 3. The SMILES string of the molecule is CNc1cc(C2(C(=O)Nc3cc(C(=O)Nc4ccc(Cl)c(C(F)(F)F)c4)ccc3C)CCCC2)ncn1. The van der Waals surface area contributed by atoms with Crippen molar-refractivity contribution in [1.82, 2.24) is 9.97 Å². The molecule has 1 fully saturated rings. The standard InChI is InChI=1S/C26H25ClF3N5O2/c1-15-5-6-16(23(36)34-17-7-8-19(27)18(12-17)26(28,29)30)11-20(15)35-24(37)25(9-3-4-10-25)21-13-22(31-2)33-14-32-21/h5-8,11-14H,3-4,9-10H2,1-2H3,(H,34,36)(H,35,37)(H,31,32,33). The third-order valence-corrected chi connectivity index (χ3v) is 6.91. The summed E-state index contributed by atoms with van der Waals surface area (Å²) in [5, 5.41) is 7.93. The number of anilines is 3. The molecule has 1 aliphatic rings. The first-order chi connectivity index (χ1) is 17.5. The minimum atomic E-state index is -4.66. The van der Waals surface area contributed by atoms with E-state index < -0.39 is 28.1 Å². The highest BCUT2D eigenvalue weighted by atomic mass is 35.5. The molecule has 7 nitrogen and oxygen atoms in total. The van der Waals surface area contributed by atoms with Gasteiger partial charge in [-0.15, -0.1) is 0 Å². The molecule has 37 heavy (non-hydrogen) atoms. The van der Waals surface area contributed by atoms with Crippen LogP contribution in [0.4, 0.5) is 30.4 Å². The fraction of sp³-hybridized carbons (Fsp3) is 0.308. The summed E-state index contributed by atoms with van der Waals surface area (Å²) in [5.41, 5.74) is 0.0115. The van der Waals surface area contributed by atoms with Crippen molar-refractivity contribution in [3.05, 3.63) is 76.2 Å². The van der Waals surface area contributed by atoms with Crippen molar-refractivity contribution in [3.8, 4) is 0 Å². The molecule has 0 unspecified atom stereocenters. The first-order valence-corrected chi connectivity index (χ1v) is 12.0. The molecular weight excluding hydrogens is 507 g/mol. The van der Waals surface area contributed by atoms with Gasteiger partial charge in [0.25, 0.3) is 5.91 Å². The second kappa shape index (κ2) is 10.4. The predicted octanol–water partition coefficient (Wildman–Crippen LogP) is 6.20. The highest BCUT2D eigenvalue weighted by molar-refractivity contribution is 6.31. The normalized spacial score (nSPS) is 14.8. The molecule has 1 heterocycles. The molecule has 11 heteroatoms. The molecule has 2 aromatic carbocycles. The summed E-state index contributed by atoms with van der Waals surface area (Å²) in [5.74, 6) is -0.260. The summed E-state index contributed by atoms with van der Waals surface area (Å²) in [6.45, 7) is 1.79. The molecule has 1 aliphatic carbocycles. The maximum Gasteiger partial charge on any atom is 0.417 e. The summed E-state index contributed by atoms with van der Waals surface area (Å²) < 4.78 is 39.5. The number of benzene rings is 2. The zero-order chi connectivity index (χ0) is 26.8. The van der Waals surface area contributed by atoms with Gasteiger partial charge >= 0.3 is 6.18 Å². The van der Waals surface area contributed by atoms with Gasteiger partial charge in [-0.2, -0.15) is 13.2 Å². The topological polar surface area (TPSA) is 96.0 Å². The number of rotatable bonds is 6. The van der Waals surface area contributed by atoms with E-state index in [0.717, 1.165) is 30.5 Å². The van der Waals surface area contributed by atoms with Gasteiger partial charge in [0.1, 0.15) is 12.1 Å². The number of aromatic nitrogens is 2. The number of halogens is 4. The van der Waals surface area contributed by atoms with Crippen molar-refractivity contribution in [3.63, 3.8) is 0 Å². The molecule has 2 amide bonds. The lowest BCUT2D eigenvalue weighted by atomic mass is 9.81. The van der Waals surface area contributed by atoms with E-state index in [1.165, 1.54) is 24.5 Å². The molecule has 4 rings (SSSR count). The fourth-order valence-corrected chi connectivity index (χ4v) is 4.72. The van der Waals surface area contributed by atoms with E-state index in [1.807, 2.05) is 0 Å². The lowest BCUT2D eigenvalue weighted by Crippen LogP contribution is -2.39. The summed E-state index contributed by atoms with van der Waals surface area (Å²) in [7, 11) is 1.74. The molecule has 0 bridgehead atoms. The number of carbonyl (C=O) groups is 2. The maximum atomic E-state index is 13.6. The molecule has 194 valence electrons. The van der Waals surface area contributed by atoms with E-state index >= 15 is 0 Å². The van der Waals surface area contributed by atoms with Gasteiger partial charge in [-0.25, -0.2) is 9.97 Å². The van der Waals surface area contributed by atoms with Crippen LogP contribution < -0.4 is 16.0 Å². The number of hydrogen-bond donors (Lipinski definition) is 3. The average molecular weight is 532 g/mol. The first-order valence-electron chi connectivity index (χ1n) is 11.6. The Balaban J connectivity index is 1.58. The van der Waals surface area contributed by atoms with Crippen LogP contribution in [-0.2, 0) is 16.4 Å². The van der Waals surface area contributed by atoms with Crippen LogP contribution >= 0.6 is 11.6 Å². The van der Waals surface area contributed by atoms with Crippen LogP contribution in [0.15, 0.2) is 48.8 Å². The maximum absolute atomic E-state index is 13.6. The number of nitrogens with one attached hydrogen (secondary N) is 3. The third kappa shape index (κ3) is 5.53. The quantitative estimate of drug-likeness (QED) is 0.352. The van der Waals surface area contributed by atoms with Gasteiger partial charge in [-0.3, -0.25) is 9.59 Å². The van der Waals surface area contributed by atoms with Crippen molar-refractivity contribution in [2.75, 3.05) is 23.0 Å². The van der Waals surface area contributed by atoms with E-state index in [9.17, 15) is 22.8 Å². The number of nitrogens with zero attached hydrogens (tertiary/aromatic N) is 2. The second-order valence-electron chi connectivity index (χ2n) is 8.96. The Hall–Kier alpha value is -3.66. The van der Waals surface area contributed by atoms with Gasteiger partial charge in [-0.05, 0) is 55.7 Å². The second-order valence-corrected chi connectivity index (χ2v) is 9.37. The van der Waals surface area contributed by atoms with Crippen molar-refractivity contribution in [2.24, 2.45) is 0 Å². The van der Waals surface area contributed by atoms with Crippen LogP contribution in [0.2, 0.25) is 5.02 Å². The number of aryl methyl sites for hydroxylation is 1. The molecule has 0 saturated heterocycles. The van der Waals surface area contributed by atoms with Crippen molar-refractivity contribution < 1.29 is 22.8 Å². The largest absolute Gasteiger partial charge is 0.417 e. The van der Waals surface area contributed by atoms with Crippen LogP contribution in [0.3, 0.4) is 0 Å². The highest BCUT2D eigenvalue weighted by Gasteiger charge is 2.44. The molecule has 0 aliphatic heterocycles. The molecule has 0 spiro atoms. The molecule has 0 radical (unpaired) electrons. The zero-order valence-corrected chi connectivity index (χ0v) is 20.9. The Bertz CT molecular complexity index is 1340. The van der Waals surface area contributed by atoms with Gasteiger partial charge in [0.15, 0.2) is 0 Å².